The van der Waals surface area contributed by atoms with Crippen molar-refractivity contribution in [3.8, 4) is 5.75 Å². The first-order chi connectivity index (χ1) is 11.5. The first kappa shape index (κ1) is 16.3. The normalized spacial score (nSPS) is 17.0. The summed E-state index contributed by atoms with van der Waals surface area (Å²) in [4.78, 5) is 32.5. The highest BCUT2D eigenvalue weighted by molar-refractivity contribution is 6.32. The number of anilines is 1. The van der Waals surface area contributed by atoms with Crippen molar-refractivity contribution in [2.45, 2.75) is 18.9 Å². The number of phenolic OH excluding ortho intramolecular Hbond substituents is 1. The molecule has 1 amide bonds. The number of carbonyl (C=O) groups excluding carboxylic acids is 1. The predicted molar refractivity (Wildman–Crippen MR) is 90.4 cm³/mol. The number of amides is 1. The second-order valence-corrected chi connectivity index (χ2v) is 6.11. The van der Waals surface area contributed by atoms with E-state index >= 15 is 0 Å². The van der Waals surface area contributed by atoms with Gasteiger partial charge in [-0.15, -0.1) is 0 Å². The molecule has 0 radical (unpaired) electrons. The van der Waals surface area contributed by atoms with Crippen molar-refractivity contribution >= 4 is 23.3 Å². The van der Waals surface area contributed by atoms with Crippen molar-refractivity contribution in [2.24, 2.45) is 0 Å². The molecule has 1 fully saturated rings. The van der Waals surface area contributed by atoms with Gasteiger partial charge in [-0.1, -0.05) is 17.7 Å². The highest BCUT2D eigenvalue weighted by Gasteiger charge is 2.26. The maximum absolute atomic E-state index is 12.2. The molecular weight excluding hydrogens is 332 g/mol. The van der Waals surface area contributed by atoms with Gasteiger partial charge in [0, 0.05) is 31.5 Å². The van der Waals surface area contributed by atoms with Crippen LogP contribution in [0.5, 0.6) is 5.75 Å². The number of aromatic hydroxyl groups is 1. The van der Waals surface area contributed by atoms with Crippen LogP contribution in [0.3, 0.4) is 0 Å². The van der Waals surface area contributed by atoms with Gasteiger partial charge < -0.3 is 20.3 Å². The van der Waals surface area contributed by atoms with Gasteiger partial charge in [0.15, 0.2) is 5.82 Å². The minimum absolute atomic E-state index is 0.00663. The van der Waals surface area contributed by atoms with Gasteiger partial charge in [0.25, 0.3) is 5.56 Å². The molecule has 1 atom stereocenters. The predicted octanol–water partition coefficient (Wildman–Crippen LogP) is 1.07. The zero-order chi connectivity index (χ0) is 17.1. The highest BCUT2D eigenvalue weighted by Crippen LogP contribution is 2.23. The zero-order valence-corrected chi connectivity index (χ0v) is 13.6. The molecule has 3 rings (SSSR count). The lowest BCUT2D eigenvalue weighted by atomic mass is 10.1. The van der Waals surface area contributed by atoms with Crippen molar-refractivity contribution in [1.29, 1.82) is 0 Å². The van der Waals surface area contributed by atoms with Crippen molar-refractivity contribution < 1.29 is 9.90 Å². The minimum atomic E-state index is -0.233. The van der Waals surface area contributed by atoms with Crippen LogP contribution in [0.25, 0.3) is 0 Å². The van der Waals surface area contributed by atoms with E-state index in [0.717, 1.165) is 12.0 Å². The summed E-state index contributed by atoms with van der Waals surface area (Å²) in [5.41, 5.74) is 0.495. The van der Waals surface area contributed by atoms with Gasteiger partial charge in [0.2, 0.25) is 5.91 Å². The number of aromatic nitrogens is 2. The minimum Gasteiger partial charge on any atom is -0.506 e. The first-order valence-electron chi connectivity index (χ1n) is 7.58. The fourth-order valence-corrected chi connectivity index (χ4v) is 2.97. The summed E-state index contributed by atoms with van der Waals surface area (Å²) >= 11 is 5.84. The van der Waals surface area contributed by atoms with E-state index in [9.17, 15) is 14.7 Å². The largest absolute Gasteiger partial charge is 0.506 e. The van der Waals surface area contributed by atoms with Crippen LogP contribution in [0.15, 0.2) is 35.4 Å². The summed E-state index contributed by atoms with van der Waals surface area (Å²) < 4.78 is 0. The molecule has 1 aromatic heterocycles. The van der Waals surface area contributed by atoms with Crippen LogP contribution in [0.2, 0.25) is 5.02 Å². The molecule has 1 aromatic carbocycles. The Labute approximate surface area is 143 Å². The maximum Gasteiger partial charge on any atom is 0.290 e. The fraction of sp³-hybridized carbons (Fsp3) is 0.312. The molecule has 0 spiro atoms. The summed E-state index contributed by atoms with van der Waals surface area (Å²) in [6, 6.07) is 4.67. The number of nitrogens with zero attached hydrogens (tertiary/aromatic N) is 2. The molecule has 3 N–H and O–H groups in total. The number of hydrogen-bond acceptors (Lipinski definition) is 5. The number of halogens is 1. The third-order valence-corrected chi connectivity index (χ3v) is 4.22. The van der Waals surface area contributed by atoms with Crippen LogP contribution in [0.4, 0.5) is 5.82 Å². The van der Waals surface area contributed by atoms with E-state index in [2.05, 4.69) is 15.3 Å². The topological polar surface area (TPSA) is 98.3 Å². The molecule has 1 aliphatic heterocycles. The molecule has 1 saturated heterocycles. The molecule has 126 valence electrons. The Morgan fingerprint density at radius 2 is 2.33 bits per heavy atom. The number of benzene rings is 1. The van der Waals surface area contributed by atoms with Crippen LogP contribution in [-0.4, -0.2) is 40.1 Å². The van der Waals surface area contributed by atoms with Crippen LogP contribution in [0, 0.1) is 0 Å². The Bertz CT molecular complexity index is 808. The SMILES string of the molecule is O=C(Cc1ccc(O)c(Cl)c1)NC1CCN(c2ncc[nH]c2=O)C1. The smallest absolute Gasteiger partial charge is 0.290 e. The Kier molecular flexibility index (Phi) is 4.71. The lowest BCUT2D eigenvalue weighted by Crippen LogP contribution is -2.38. The van der Waals surface area contributed by atoms with Gasteiger partial charge in [-0.2, -0.15) is 0 Å². The van der Waals surface area contributed by atoms with Crippen LogP contribution in [0.1, 0.15) is 12.0 Å². The number of hydrogen-bond donors (Lipinski definition) is 3. The summed E-state index contributed by atoms with van der Waals surface area (Å²) in [7, 11) is 0. The van der Waals surface area contributed by atoms with E-state index in [0.29, 0.717) is 18.9 Å². The standard InChI is InChI=1S/C16H17ClN4O3/c17-12-7-10(1-2-13(12)22)8-14(23)20-11-3-6-21(9-11)15-16(24)19-5-4-18-15/h1-2,4-5,7,11,22H,3,6,8-9H2,(H,19,24)(H,20,23). The lowest BCUT2D eigenvalue weighted by Gasteiger charge is -2.16. The Morgan fingerprint density at radius 3 is 3.08 bits per heavy atom. The number of carbonyl (C=O) groups is 1. The summed E-state index contributed by atoms with van der Waals surface area (Å²) in [5.74, 6) is 0.242. The molecule has 2 aromatic rings. The second-order valence-electron chi connectivity index (χ2n) is 5.70. The molecule has 0 bridgehead atoms. The van der Waals surface area contributed by atoms with Crippen molar-refractivity contribution in [3.05, 3.63) is 51.5 Å². The van der Waals surface area contributed by atoms with E-state index < -0.39 is 0 Å². The molecule has 0 saturated carbocycles. The number of nitrogens with one attached hydrogen (secondary N) is 2. The molecule has 8 heteroatoms. The van der Waals surface area contributed by atoms with Gasteiger partial charge in [0.05, 0.1) is 11.4 Å². The average molecular weight is 349 g/mol. The highest BCUT2D eigenvalue weighted by atomic mass is 35.5. The van der Waals surface area contributed by atoms with Crippen molar-refractivity contribution in [1.82, 2.24) is 15.3 Å². The third kappa shape index (κ3) is 3.68. The summed E-state index contributed by atoms with van der Waals surface area (Å²) in [6.07, 6.45) is 3.96. The molecule has 2 heterocycles. The van der Waals surface area contributed by atoms with Gasteiger partial charge in [-0.25, -0.2) is 4.98 Å². The van der Waals surface area contributed by atoms with E-state index in [1.54, 1.807) is 12.1 Å². The van der Waals surface area contributed by atoms with Crippen LogP contribution < -0.4 is 15.8 Å². The Balaban J connectivity index is 1.57. The summed E-state index contributed by atoms with van der Waals surface area (Å²) in [6.45, 7) is 1.21. The Morgan fingerprint density at radius 1 is 1.50 bits per heavy atom. The number of H-pyrrole nitrogens is 1. The molecule has 0 aliphatic carbocycles. The van der Waals surface area contributed by atoms with Gasteiger partial charge in [-0.3, -0.25) is 9.59 Å². The van der Waals surface area contributed by atoms with E-state index in [1.807, 2.05) is 4.90 Å². The van der Waals surface area contributed by atoms with E-state index in [-0.39, 0.29) is 34.7 Å². The van der Waals surface area contributed by atoms with Crippen LogP contribution >= 0.6 is 11.6 Å². The summed E-state index contributed by atoms with van der Waals surface area (Å²) in [5, 5.41) is 12.6. The first-order valence-corrected chi connectivity index (χ1v) is 7.96. The zero-order valence-electron chi connectivity index (χ0n) is 12.8. The Hall–Kier alpha value is -2.54. The van der Waals surface area contributed by atoms with Crippen molar-refractivity contribution in [3.63, 3.8) is 0 Å². The molecule has 1 unspecified atom stereocenters. The molecule has 7 nitrogen and oxygen atoms in total. The lowest BCUT2D eigenvalue weighted by molar-refractivity contribution is -0.121. The molecular formula is C16H17ClN4O3. The van der Waals surface area contributed by atoms with Gasteiger partial charge in [-0.05, 0) is 24.1 Å². The van der Waals surface area contributed by atoms with Crippen LogP contribution in [-0.2, 0) is 11.2 Å². The fourth-order valence-electron chi connectivity index (χ4n) is 2.76. The second kappa shape index (κ2) is 6.92. The monoisotopic (exact) mass is 348 g/mol. The molecule has 24 heavy (non-hydrogen) atoms. The average Bonchev–Trinajstić information content (AvgIpc) is 2.99. The quantitative estimate of drug-likeness (QED) is 0.767. The number of aromatic amines is 1. The number of rotatable bonds is 4. The van der Waals surface area contributed by atoms with E-state index in [1.165, 1.54) is 18.5 Å². The number of phenols is 1. The van der Waals surface area contributed by atoms with Crippen molar-refractivity contribution in [2.75, 3.05) is 18.0 Å². The van der Waals surface area contributed by atoms with E-state index in [4.69, 9.17) is 11.6 Å². The van der Waals surface area contributed by atoms with Gasteiger partial charge >= 0.3 is 0 Å². The maximum atomic E-state index is 12.2. The third-order valence-electron chi connectivity index (χ3n) is 3.92. The van der Waals surface area contributed by atoms with Gasteiger partial charge in [0.1, 0.15) is 5.75 Å². The molecule has 1 aliphatic rings.